The van der Waals surface area contributed by atoms with Gasteiger partial charge in [-0.3, -0.25) is 0 Å². The van der Waals surface area contributed by atoms with Gasteiger partial charge in [-0.05, 0) is 41.5 Å². The van der Waals surface area contributed by atoms with Gasteiger partial charge in [0.15, 0.2) is 0 Å². The summed E-state index contributed by atoms with van der Waals surface area (Å²) in [6, 6.07) is 13.0. The Morgan fingerprint density at radius 1 is 1.00 bits per heavy atom. The molecule has 18 heavy (non-hydrogen) atoms. The minimum atomic E-state index is 0.0560. The summed E-state index contributed by atoms with van der Waals surface area (Å²) < 4.78 is 0. The van der Waals surface area contributed by atoms with Crippen molar-refractivity contribution in [3.05, 3.63) is 63.6 Å². The SMILES string of the molecule is OCc1ccc(NCc2cc(Cl)ccc2Cl)cc1. The third kappa shape index (κ3) is 3.39. The van der Waals surface area contributed by atoms with Gasteiger partial charge in [-0.1, -0.05) is 35.3 Å². The van der Waals surface area contributed by atoms with Crippen LogP contribution in [0.25, 0.3) is 0 Å². The van der Waals surface area contributed by atoms with Crippen molar-refractivity contribution in [2.75, 3.05) is 5.32 Å². The topological polar surface area (TPSA) is 32.3 Å². The molecule has 0 aliphatic carbocycles. The molecule has 0 unspecified atom stereocenters. The average molecular weight is 282 g/mol. The van der Waals surface area contributed by atoms with Crippen molar-refractivity contribution in [3.63, 3.8) is 0 Å². The van der Waals surface area contributed by atoms with Crippen LogP contribution in [0.15, 0.2) is 42.5 Å². The van der Waals surface area contributed by atoms with Crippen LogP contribution in [-0.4, -0.2) is 5.11 Å². The summed E-state index contributed by atoms with van der Waals surface area (Å²) in [6.07, 6.45) is 0. The highest BCUT2D eigenvalue weighted by Gasteiger charge is 2.01. The molecule has 0 spiro atoms. The second-order valence-electron chi connectivity index (χ2n) is 3.94. The van der Waals surface area contributed by atoms with E-state index in [4.69, 9.17) is 28.3 Å². The van der Waals surface area contributed by atoms with Crippen molar-refractivity contribution in [1.29, 1.82) is 0 Å². The van der Waals surface area contributed by atoms with Crippen LogP contribution in [0.4, 0.5) is 5.69 Å². The Morgan fingerprint density at radius 3 is 2.39 bits per heavy atom. The fourth-order valence-corrected chi connectivity index (χ4v) is 1.98. The zero-order chi connectivity index (χ0) is 13.0. The van der Waals surface area contributed by atoms with E-state index in [2.05, 4.69) is 5.32 Å². The van der Waals surface area contributed by atoms with Gasteiger partial charge in [0.1, 0.15) is 0 Å². The molecular formula is C14H13Cl2NO. The smallest absolute Gasteiger partial charge is 0.0681 e. The molecule has 0 aliphatic rings. The Hall–Kier alpha value is -1.22. The fraction of sp³-hybridized carbons (Fsp3) is 0.143. The second-order valence-corrected chi connectivity index (χ2v) is 4.79. The maximum absolute atomic E-state index is 8.95. The second kappa shape index (κ2) is 6.10. The molecule has 0 atom stereocenters. The van der Waals surface area contributed by atoms with E-state index in [-0.39, 0.29) is 6.61 Å². The summed E-state index contributed by atoms with van der Waals surface area (Å²) in [6.45, 7) is 0.665. The number of hydrogen-bond donors (Lipinski definition) is 2. The summed E-state index contributed by atoms with van der Waals surface area (Å²) in [5.41, 5.74) is 2.82. The van der Waals surface area contributed by atoms with Crippen LogP contribution >= 0.6 is 23.2 Å². The number of hydrogen-bond acceptors (Lipinski definition) is 2. The van der Waals surface area contributed by atoms with E-state index in [1.54, 1.807) is 12.1 Å². The largest absolute Gasteiger partial charge is 0.392 e. The Bertz CT molecular complexity index is 526. The molecule has 2 aromatic carbocycles. The zero-order valence-corrected chi connectivity index (χ0v) is 11.2. The van der Waals surface area contributed by atoms with Gasteiger partial charge >= 0.3 is 0 Å². The lowest BCUT2D eigenvalue weighted by molar-refractivity contribution is 0.282. The third-order valence-corrected chi connectivity index (χ3v) is 3.23. The fourth-order valence-electron chi connectivity index (χ4n) is 1.60. The maximum atomic E-state index is 8.95. The standard InChI is InChI=1S/C14H13Cl2NO/c15-12-3-6-14(16)11(7-12)8-17-13-4-1-10(9-18)2-5-13/h1-7,17-18H,8-9H2. The number of aliphatic hydroxyl groups is 1. The Morgan fingerprint density at radius 2 is 1.72 bits per heavy atom. The van der Waals surface area contributed by atoms with E-state index < -0.39 is 0 Å². The number of anilines is 1. The minimum absolute atomic E-state index is 0.0560. The van der Waals surface area contributed by atoms with Crippen LogP contribution in [0.3, 0.4) is 0 Å². The number of aliphatic hydroxyl groups excluding tert-OH is 1. The molecule has 0 aromatic heterocycles. The van der Waals surface area contributed by atoms with Gasteiger partial charge in [0.05, 0.1) is 6.61 Å². The third-order valence-electron chi connectivity index (χ3n) is 2.63. The van der Waals surface area contributed by atoms with E-state index in [0.29, 0.717) is 16.6 Å². The predicted octanol–water partition coefficient (Wildman–Crippen LogP) is 4.10. The first kappa shape index (κ1) is 13.2. The molecule has 4 heteroatoms. The Balaban J connectivity index is 2.04. The molecular weight excluding hydrogens is 269 g/mol. The van der Waals surface area contributed by atoms with Crippen LogP contribution in [0.2, 0.25) is 10.0 Å². The van der Waals surface area contributed by atoms with Crippen molar-refractivity contribution in [2.45, 2.75) is 13.2 Å². The molecule has 0 saturated heterocycles. The number of halogens is 2. The molecule has 0 saturated carbocycles. The maximum Gasteiger partial charge on any atom is 0.0681 e. The van der Waals surface area contributed by atoms with Gasteiger partial charge in [-0.25, -0.2) is 0 Å². The molecule has 0 aliphatic heterocycles. The number of rotatable bonds is 4. The molecule has 2 rings (SSSR count). The summed E-state index contributed by atoms with van der Waals surface area (Å²) in [5.74, 6) is 0. The molecule has 2 N–H and O–H groups in total. The summed E-state index contributed by atoms with van der Waals surface area (Å²) >= 11 is 12.0. The van der Waals surface area contributed by atoms with Gasteiger partial charge in [-0.2, -0.15) is 0 Å². The highest BCUT2D eigenvalue weighted by atomic mass is 35.5. The van der Waals surface area contributed by atoms with Crippen molar-refractivity contribution in [3.8, 4) is 0 Å². The van der Waals surface area contributed by atoms with Gasteiger partial charge in [-0.15, -0.1) is 0 Å². The zero-order valence-electron chi connectivity index (χ0n) is 9.66. The molecule has 2 nitrogen and oxygen atoms in total. The van der Waals surface area contributed by atoms with Gasteiger partial charge in [0.25, 0.3) is 0 Å². The minimum Gasteiger partial charge on any atom is -0.392 e. The first-order valence-corrected chi connectivity index (χ1v) is 6.32. The van der Waals surface area contributed by atoms with E-state index in [1.165, 1.54) is 0 Å². The van der Waals surface area contributed by atoms with Gasteiger partial charge in [0, 0.05) is 22.3 Å². The molecule has 0 radical (unpaired) electrons. The van der Waals surface area contributed by atoms with Gasteiger partial charge in [0.2, 0.25) is 0 Å². The lowest BCUT2D eigenvalue weighted by Crippen LogP contribution is -2.00. The van der Waals surface area contributed by atoms with Crippen LogP contribution in [0.5, 0.6) is 0 Å². The van der Waals surface area contributed by atoms with E-state index in [1.807, 2.05) is 30.3 Å². The lowest BCUT2D eigenvalue weighted by Gasteiger charge is -2.09. The highest BCUT2D eigenvalue weighted by Crippen LogP contribution is 2.21. The van der Waals surface area contributed by atoms with Crippen LogP contribution < -0.4 is 5.32 Å². The average Bonchev–Trinajstić information content (AvgIpc) is 2.40. The highest BCUT2D eigenvalue weighted by molar-refractivity contribution is 6.33. The Kier molecular flexibility index (Phi) is 4.48. The van der Waals surface area contributed by atoms with Crippen molar-refractivity contribution in [2.24, 2.45) is 0 Å². The van der Waals surface area contributed by atoms with E-state index in [9.17, 15) is 0 Å². The molecule has 0 amide bonds. The first-order valence-electron chi connectivity index (χ1n) is 5.56. The van der Waals surface area contributed by atoms with Crippen LogP contribution in [0.1, 0.15) is 11.1 Å². The number of nitrogens with one attached hydrogen (secondary N) is 1. The summed E-state index contributed by atoms with van der Waals surface area (Å²) in [5, 5.41) is 13.6. The van der Waals surface area contributed by atoms with Crippen molar-refractivity contribution >= 4 is 28.9 Å². The molecule has 94 valence electrons. The number of benzene rings is 2. The van der Waals surface area contributed by atoms with Crippen LogP contribution in [0, 0.1) is 0 Å². The quantitative estimate of drug-likeness (QED) is 0.885. The Labute approximate surface area is 116 Å². The normalized spacial score (nSPS) is 10.4. The van der Waals surface area contributed by atoms with Crippen molar-refractivity contribution in [1.82, 2.24) is 0 Å². The molecule has 0 bridgehead atoms. The van der Waals surface area contributed by atoms with E-state index in [0.717, 1.165) is 16.8 Å². The van der Waals surface area contributed by atoms with Crippen molar-refractivity contribution < 1.29 is 5.11 Å². The lowest BCUT2D eigenvalue weighted by atomic mass is 10.2. The predicted molar refractivity (Wildman–Crippen MR) is 76.2 cm³/mol. The monoisotopic (exact) mass is 281 g/mol. The summed E-state index contributed by atoms with van der Waals surface area (Å²) in [7, 11) is 0. The summed E-state index contributed by atoms with van der Waals surface area (Å²) in [4.78, 5) is 0. The first-order chi connectivity index (χ1) is 8.69. The van der Waals surface area contributed by atoms with Crippen LogP contribution in [-0.2, 0) is 13.2 Å². The molecule has 0 heterocycles. The van der Waals surface area contributed by atoms with Gasteiger partial charge < -0.3 is 10.4 Å². The molecule has 0 fully saturated rings. The molecule has 2 aromatic rings. The van der Waals surface area contributed by atoms with E-state index >= 15 is 0 Å².